The minimum atomic E-state index is -0.391. The first-order chi connectivity index (χ1) is 6.00. The molecule has 70 valence electrons. The van der Waals surface area contributed by atoms with Crippen LogP contribution in [0.4, 0.5) is 4.39 Å². The second-order valence-electron chi connectivity index (χ2n) is 2.96. The number of carbonyl (C=O) groups excluding carboxylic acids is 1. The van der Waals surface area contributed by atoms with Crippen molar-refractivity contribution < 1.29 is 13.9 Å². The Morgan fingerprint density at radius 1 is 1.31 bits per heavy atom. The van der Waals surface area contributed by atoms with Gasteiger partial charge in [-0.3, -0.25) is 4.79 Å². The average molecular weight is 182 g/mol. The lowest BCUT2D eigenvalue weighted by molar-refractivity contribution is -0.131. The number of hydrogen-bond donors (Lipinski definition) is 0. The van der Waals surface area contributed by atoms with E-state index in [0.717, 1.165) is 0 Å². The van der Waals surface area contributed by atoms with Gasteiger partial charge in [-0.2, -0.15) is 0 Å². The van der Waals surface area contributed by atoms with Gasteiger partial charge in [0.2, 0.25) is 0 Å². The molecule has 0 saturated carbocycles. The molecule has 13 heavy (non-hydrogen) atoms. The molecule has 0 N–H and O–H groups in total. The SMILES string of the molecule is CC(=O)Oc1c(C)cc(F)cc1C. The summed E-state index contributed by atoms with van der Waals surface area (Å²) in [6.45, 7) is 4.73. The zero-order valence-corrected chi connectivity index (χ0v) is 7.85. The van der Waals surface area contributed by atoms with Gasteiger partial charge in [0.05, 0.1) is 0 Å². The highest BCUT2D eigenvalue weighted by atomic mass is 19.1. The van der Waals surface area contributed by atoms with Crippen LogP contribution in [0.1, 0.15) is 18.1 Å². The van der Waals surface area contributed by atoms with Crippen LogP contribution < -0.4 is 4.74 Å². The van der Waals surface area contributed by atoms with Crippen molar-refractivity contribution in [2.45, 2.75) is 20.8 Å². The molecule has 3 heteroatoms. The molecular formula is C10H11FO2. The third kappa shape index (κ3) is 2.28. The number of esters is 1. The van der Waals surface area contributed by atoms with Crippen LogP contribution in [-0.4, -0.2) is 5.97 Å². The molecule has 1 aromatic carbocycles. The van der Waals surface area contributed by atoms with Gasteiger partial charge in [-0.25, -0.2) is 4.39 Å². The number of halogens is 1. The van der Waals surface area contributed by atoms with Crippen molar-refractivity contribution in [1.29, 1.82) is 0 Å². The smallest absolute Gasteiger partial charge is 0.308 e. The van der Waals surface area contributed by atoms with E-state index in [-0.39, 0.29) is 5.82 Å². The molecule has 0 bridgehead atoms. The predicted octanol–water partition coefficient (Wildman–Crippen LogP) is 2.37. The maximum absolute atomic E-state index is 12.8. The summed E-state index contributed by atoms with van der Waals surface area (Å²) in [5, 5.41) is 0. The Morgan fingerprint density at radius 2 is 1.77 bits per heavy atom. The van der Waals surface area contributed by atoms with E-state index >= 15 is 0 Å². The van der Waals surface area contributed by atoms with Crippen LogP contribution in [0.2, 0.25) is 0 Å². The number of carbonyl (C=O) groups is 1. The summed E-state index contributed by atoms with van der Waals surface area (Å²) < 4.78 is 17.7. The van der Waals surface area contributed by atoms with Crippen molar-refractivity contribution in [3.05, 3.63) is 29.1 Å². The molecular weight excluding hydrogens is 171 g/mol. The summed E-state index contributed by atoms with van der Waals surface area (Å²) in [4.78, 5) is 10.7. The number of hydrogen-bond acceptors (Lipinski definition) is 2. The molecule has 0 saturated heterocycles. The van der Waals surface area contributed by atoms with Crippen LogP contribution in [0.25, 0.3) is 0 Å². The normalized spacial score (nSPS) is 9.85. The van der Waals surface area contributed by atoms with Gasteiger partial charge in [-0.15, -0.1) is 0 Å². The Hall–Kier alpha value is -1.38. The summed E-state index contributed by atoms with van der Waals surface area (Å²) in [7, 11) is 0. The molecule has 0 spiro atoms. The fourth-order valence-electron chi connectivity index (χ4n) is 1.20. The van der Waals surface area contributed by atoms with Gasteiger partial charge in [-0.05, 0) is 37.1 Å². The van der Waals surface area contributed by atoms with E-state index in [0.29, 0.717) is 16.9 Å². The summed E-state index contributed by atoms with van der Waals surface area (Å²) in [5.74, 6) is -0.252. The maximum Gasteiger partial charge on any atom is 0.308 e. The number of ether oxygens (including phenoxy) is 1. The van der Waals surface area contributed by atoms with Gasteiger partial charge in [0.1, 0.15) is 11.6 Å². The highest BCUT2D eigenvalue weighted by Gasteiger charge is 2.07. The van der Waals surface area contributed by atoms with Gasteiger partial charge in [0.15, 0.2) is 0 Å². The van der Waals surface area contributed by atoms with Crippen LogP contribution in [0.3, 0.4) is 0 Å². The lowest BCUT2D eigenvalue weighted by Crippen LogP contribution is -2.04. The lowest BCUT2D eigenvalue weighted by atomic mass is 10.1. The predicted molar refractivity (Wildman–Crippen MR) is 47.2 cm³/mol. The molecule has 2 nitrogen and oxygen atoms in total. The number of benzene rings is 1. The van der Waals surface area contributed by atoms with E-state index in [9.17, 15) is 9.18 Å². The van der Waals surface area contributed by atoms with Crippen molar-refractivity contribution in [2.75, 3.05) is 0 Å². The Kier molecular flexibility index (Phi) is 2.66. The molecule has 0 radical (unpaired) electrons. The van der Waals surface area contributed by atoms with E-state index in [2.05, 4.69) is 0 Å². The molecule has 0 fully saturated rings. The average Bonchev–Trinajstić information content (AvgIpc) is 1.96. The molecule has 0 atom stereocenters. The highest BCUT2D eigenvalue weighted by Crippen LogP contribution is 2.24. The Morgan fingerprint density at radius 3 is 2.15 bits per heavy atom. The van der Waals surface area contributed by atoms with Crippen molar-refractivity contribution in [1.82, 2.24) is 0 Å². The third-order valence-corrected chi connectivity index (χ3v) is 1.67. The van der Waals surface area contributed by atoms with Gasteiger partial charge < -0.3 is 4.74 Å². The quantitative estimate of drug-likeness (QED) is 0.492. The Bertz CT molecular complexity index is 322. The fourth-order valence-corrected chi connectivity index (χ4v) is 1.20. The van der Waals surface area contributed by atoms with E-state index in [1.807, 2.05) is 0 Å². The first kappa shape index (κ1) is 9.71. The summed E-state index contributed by atoms with van der Waals surface area (Å²) in [6.07, 6.45) is 0. The largest absolute Gasteiger partial charge is 0.426 e. The van der Waals surface area contributed by atoms with Gasteiger partial charge in [-0.1, -0.05) is 0 Å². The maximum atomic E-state index is 12.8. The minimum absolute atomic E-state index is 0.314. The molecule has 0 aromatic heterocycles. The third-order valence-electron chi connectivity index (χ3n) is 1.67. The molecule has 0 aliphatic carbocycles. The number of rotatable bonds is 1. The zero-order valence-electron chi connectivity index (χ0n) is 7.85. The van der Waals surface area contributed by atoms with Gasteiger partial charge >= 0.3 is 5.97 Å². The van der Waals surface area contributed by atoms with Crippen LogP contribution in [0.5, 0.6) is 5.75 Å². The molecule has 0 heterocycles. The van der Waals surface area contributed by atoms with E-state index in [4.69, 9.17) is 4.74 Å². The van der Waals surface area contributed by atoms with E-state index in [1.54, 1.807) is 13.8 Å². The topological polar surface area (TPSA) is 26.3 Å². The van der Waals surface area contributed by atoms with Gasteiger partial charge in [0, 0.05) is 6.92 Å². The van der Waals surface area contributed by atoms with Crippen LogP contribution >= 0.6 is 0 Å². The van der Waals surface area contributed by atoms with Crippen LogP contribution in [0.15, 0.2) is 12.1 Å². The van der Waals surface area contributed by atoms with E-state index in [1.165, 1.54) is 19.1 Å². The van der Waals surface area contributed by atoms with Crippen molar-refractivity contribution in [3.8, 4) is 5.75 Å². The fraction of sp³-hybridized carbons (Fsp3) is 0.300. The number of aryl methyl sites for hydroxylation is 2. The molecule has 1 rings (SSSR count). The van der Waals surface area contributed by atoms with Crippen molar-refractivity contribution >= 4 is 5.97 Å². The molecule has 0 aliphatic heterocycles. The first-order valence-electron chi connectivity index (χ1n) is 3.96. The second kappa shape index (κ2) is 3.56. The monoisotopic (exact) mass is 182 g/mol. The summed E-state index contributed by atoms with van der Waals surface area (Å²) >= 11 is 0. The van der Waals surface area contributed by atoms with Crippen molar-refractivity contribution in [2.24, 2.45) is 0 Å². The van der Waals surface area contributed by atoms with Crippen molar-refractivity contribution in [3.63, 3.8) is 0 Å². The summed E-state index contributed by atoms with van der Waals surface area (Å²) in [6, 6.07) is 2.68. The summed E-state index contributed by atoms with van der Waals surface area (Å²) in [5.41, 5.74) is 1.26. The highest BCUT2D eigenvalue weighted by molar-refractivity contribution is 5.70. The standard InChI is InChI=1S/C10H11FO2/c1-6-4-9(11)5-7(2)10(6)13-8(3)12/h4-5H,1-3H3. The zero-order chi connectivity index (χ0) is 10.0. The Labute approximate surface area is 76.3 Å². The molecule has 0 amide bonds. The molecule has 1 aromatic rings. The second-order valence-corrected chi connectivity index (χ2v) is 2.96. The lowest BCUT2D eigenvalue weighted by Gasteiger charge is -2.08. The first-order valence-corrected chi connectivity index (χ1v) is 3.96. The van der Waals surface area contributed by atoms with Crippen LogP contribution in [-0.2, 0) is 4.79 Å². The Balaban J connectivity index is 3.13. The molecule has 0 unspecified atom stereocenters. The minimum Gasteiger partial charge on any atom is -0.426 e. The van der Waals surface area contributed by atoms with Gasteiger partial charge in [0.25, 0.3) is 0 Å². The van der Waals surface area contributed by atoms with E-state index < -0.39 is 5.97 Å². The van der Waals surface area contributed by atoms with Crippen LogP contribution in [0, 0.1) is 19.7 Å². The molecule has 0 aliphatic rings.